The molecule has 0 atom stereocenters. The van der Waals surface area contributed by atoms with Crippen molar-refractivity contribution < 1.29 is 56.5 Å². The lowest BCUT2D eigenvalue weighted by molar-refractivity contribution is -0.385. The van der Waals surface area contributed by atoms with E-state index < -0.39 is 71.8 Å². The lowest BCUT2D eigenvalue weighted by Crippen LogP contribution is -2.61. The Bertz CT molecular complexity index is 1480. The van der Waals surface area contributed by atoms with Crippen LogP contribution in [-0.4, -0.2) is 81.7 Å². The van der Waals surface area contributed by atoms with Crippen LogP contribution in [0.4, 0.5) is 34.1 Å². The Morgan fingerprint density at radius 1 is 0.933 bits per heavy atom. The van der Waals surface area contributed by atoms with E-state index in [0.717, 1.165) is 12.1 Å². The maximum absolute atomic E-state index is 12.8. The van der Waals surface area contributed by atoms with E-state index in [9.17, 15) is 52.6 Å². The molecule has 0 spiro atoms. The molecule has 0 unspecified atom stereocenters. The highest BCUT2D eigenvalue weighted by Gasteiger charge is 2.44. The second-order valence-corrected chi connectivity index (χ2v) is 9.00. The fraction of sp³-hybridized carbons (Fsp3) is 0.292. The smallest absolute Gasteiger partial charge is 0.444 e. The Hall–Kier alpha value is -5.86. The number of ether oxygens (including phenoxy) is 2. The van der Waals surface area contributed by atoms with Crippen LogP contribution >= 0.6 is 0 Å². The van der Waals surface area contributed by atoms with Crippen molar-refractivity contribution in [3.63, 3.8) is 0 Å². The summed E-state index contributed by atoms with van der Waals surface area (Å²) in [7, 11) is 0. The van der Waals surface area contributed by atoms with Gasteiger partial charge in [-0.3, -0.25) is 25.0 Å². The molecule has 1 fully saturated rings. The van der Waals surface area contributed by atoms with E-state index in [1.807, 2.05) is 0 Å². The van der Waals surface area contributed by atoms with Gasteiger partial charge in [0.2, 0.25) is 11.9 Å². The number of nitro benzene ring substituents is 2. The Morgan fingerprint density at radius 3 is 1.89 bits per heavy atom. The number of carbonyl (C=O) groups excluding carboxylic acids is 4. The average Bonchev–Trinajstić information content (AvgIpc) is 2.96. The highest BCUT2D eigenvalue weighted by Crippen LogP contribution is 2.20. The Labute approximate surface area is 249 Å². The summed E-state index contributed by atoms with van der Waals surface area (Å²) in [6, 6.07) is 9.08. The van der Waals surface area contributed by atoms with Crippen molar-refractivity contribution in [1.82, 2.24) is 15.3 Å². The Morgan fingerprint density at radius 2 is 1.42 bits per heavy atom. The molecule has 0 aliphatic carbocycles. The minimum Gasteiger partial charge on any atom is -0.444 e. The third-order valence-corrected chi connectivity index (χ3v) is 5.68. The van der Waals surface area contributed by atoms with Crippen LogP contribution < -0.4 is 11.1 Å². The van der Waals surface area contributed by atoms with Gasteiger partial charge < -0.3 is 25.4 Å². The molecule has 1 aliphatic rings. The van der Waals surface area contributed by atoms with Gasteiger partial charge in [-0.15, -0.1) is 10.1 Å². The molecule has 3 amide bonds. The van der Waals surface area contributed by atoms with Crippen LogP contribution in [0.5, 0.6) is 0 Å². The second-order valence-electron chi connectivity index (χ2n) is 9.00. The second kappa shape index (κ2) is 14.5. The van der Waals surface area contributed by atoms with E-state index in [0.29, 0.717) is 21.1 Å². The highest BCUT2D eigenvalue weighted by molar-refractivity contribution is 6.00. The van der Waals surface area contributed by atoms with Crippen LogP contribution in [0.15, 0.2) is 53.5 Å². The van der Waals surface area contributed by atoms with Gasteiger partial charge in [0.1, 0.15) is 19.8 Å². The van der Waals surface area contributed by atoms with Gasteiger partial charge in [0, 0.05) is 24.3 Å². The first-order chi connectivity index (χ1) is 21.1. The molecule has 3 N–H and O–H groups in total. The molecule has 1 saturated heterocycles. The lowest BCUT2D eigenvalue weighted by atomic mass is 10.2. The van der Waals surface area contributed by atoms with Crippen molar-refractivity contribution in [3.8, 4) is 0 Å². The number of nitrogens with one attached hydrogen (secondary N) is 1. The zero-order valence-corrected chi connectivity index (χ0v) is 22.7. The first-order valence-corrected chi connectivity index (χ1v) is 12.4. The fourth-order valence-corrected chi connectivity index (χ4v) is 3.41. The monoisotopic (exact) mass is 641 g/mol. The molecule has 0 radical (unpaired) electrons. The molecule has 3 rings (SSSR count). The summed E-state index contributed by atoms with van der Waals surface area (Å²) in [6.45, 7) is -2.36. The van der Waals surface area contributed by atoms with Crippen LogP contribution in [0.2, 0.25) is 0 Å². The number of rotatable bonds is 10. The number of nitro groups is 2. The van der Waals surface area contributed by atoms with E-state index in [4.69, 9.17) is 15.2 Å². The number of guanidine groups is 1. The van der Waals surface area contributed by atoms with Gasteiger partial charge in [-0.1, -0.05) is 0 Å². The third-order valence-electron chi connectivity index (χ3n) is 5.68. The third kappa shape index (κ3) is 10.1. The molecule has 1 heterocycles. The quantitative estimate of drug-likeness (QED) is 0.163. The standard InChI is InChI=1S/C24H22F3N7O11/c25-24(26,27)20(36)45-31-9-16(10-31)29-19(35)11-32(23(38)44-13-15-3-7-18(8-4-15)34(41)42)21(28)30-22(37)43-12-14-1-5-17(6-2-14)33(39)40/h1-8,16H,9-13H2,(H,29,35)(H2,28,30,37). The minimum atomic E-state index is -5.22. The topological polar surface area (TPSA) is 239 Å². The first-order valence-electron chi connectivity index (χ1n) is 12.4. The summed E-state index contributed by atoms with van der Waals surface area (Å²) in [5.74, 6) is -4.23. The largest absolute Gasteiger partial charge is 0.492 e. The molecule has 0 aromatic heterocycles. The molecule has 45 heavy (non-hydrogen) atoms. The number of nitrogens with zero attached hydrogens (tertiary/aromatic N) is 5. The van der Waals surface area contributed by atoms with Gasteiger partial charge in [-0.2, -0.15) is 13.2 Å². The van der Waals surface area contributed by atoms with Crippen molar-refractivity contribution in [2.75, 3.05) is 19.6 Å². The summed E-state index contributed by atoms with van der Waals surface area (Å²) in [5.41, 5.74) is 6.00. The van der Waals surface area contributed by atoms with E-state index in [1.54, 1.807) is 0 Å². The summed E-state index contributed by atoms with van der Waals surface area (Å²) < 4.78 is 47.0. The van der Waals surface area contributed by atoms with E-state index in [1.165, 1.54) is 36.4 Å². The number of non-ortho nitro benzene ring substituents is 2. The van der Waals surface area contributed by atoms with Crippen molar-refractivity contribution in [2.45, 2.75) is 25.4 Å². The number of alkyl halides is 3. The maximum Gasteiger partial charge on any atom is 0.492 e. The number of halogens is 3. The van der Waals surface area contributed by atoms with Crippen LogP contribution in [0.25, 0.3) is 0 Å². The molecular formula is C24H22F3N7O11. The molecule has 240 valence electrons. The van der Waals surface area contributed by atoms with Gasteiger partial charge in [0.05, 0.1) is 29.0 Å². The normalized spacial score (nSPS) is 13.6. The number of nitrogens with two attached hydrogens (primary N) is 1. The van der Waals surface area contributed by atoms with Gasteiger partial charge in [0.15, 0.2) is 0 Å². The maximum atomic E-state index is 12.8. The number of hydroxylamine groups is 2. The van der Waals surface area contributed by atoms with E-state index in [2.05, 4.69) is 15.1 Å². The molecule has 21 heteroatoms. The Balaban J connectivity index is 1.63. The number of amides is 3. The van der Waals surface area contributed by atoms with Gasteiger partial charge in [0.25, 0.3) is 11.4 Å². The first kappa shape index (κ1) is 33.6. The Kier molecular flexibility index (Phi) is 10.9. The van der Waals surface area contributed by atoms with Crippen molar-refractivity contribution in [3.05, 3.63) is 79.9 Å². The molecule has 1 aliphatic heterocycles. The number of carbonyl (C=O) groups is 4. The number of hydrogen-bond donors (Lipinski definition) is 2. The predicted molar refractivity (Wildman–Crippen MR) is 141 cm³/mol. The van der Waals surface area contributed by atoms with Crippen LogP contribution in [0.3, 0.4) is 0 Å². The van der Waals surface area contributed by atoms with E-state index in [-0.39, 0.29) is 24.5 Å². The molecule has 0 saturated carbocycles. The predicted octanol–water partition coefficient (Wildman–Crippen LogP) is 1.91. The number of benzene rings is 2. The van der Waals surface area contributed by atoms with Crippen LogP contribution in [0.1, 0.15) is 11.1 Å². The van der Waals surface area contributed by atoms with E-state index >= 15 is 0 Å². The zero-order chi connectivity index (χ0) is 33.3. The summed E-state index contributed by atoms with van der Waals surface area (Å²) in [6.07, 6.45) is -7.83. The lowest BCUT2D eigenvalue weighted by Gasteiger charge is -2.37. The van der Waals surface area contributed by atoms with Gasteiger partial charge >= 0.3 is 24.3 Å². The summed E-state index contributed by atoms with van der Waals surface area (Å²) in [4.78, 5) is 76.8. The molecule has 2 aromatic carbocycles. The van der Waals surface area contributed by atoms with Gasteiger partial charge in [-0.25, -0.2) is 19.3 Å². The van der Waals surface area contributed by atoms with Crippen molar-refractivity contribution in [1.29, 1.82) is 0 Å². The SMILES string of the molecule is NC(=NC(=O)OCc1ccc([N+](=O)[O-])cc1)N(CC(=O)NC1CN(OC(=O)C(F)(F)F)C1)C(=O)OCc1ccc([N+](=O)[O-])cc1. The van der Waals surface area contributed by atoms with Gasteiger partial charge in [-0.05, 0) is 35.4 Å². The van der Waals surface area contributed by atoms with Crippen molar-refractivity contribution >= 4 is 41.4 Å². The number of aliphatic imine (C=N–C) groups is 1. The molecular weight excluding hydrogens is 619 g/mol. The van der Waals surface area contributed by atoms with Crippen LogP contribution in [0, 0.1) is 20.2 Å². The molecule has 18 nitrogen and oxygen atoms in total. The molecule has 2 aromatic rings. The fourth-order valence-electron chi connectivity index (χ4n) is 3.41. The number of hydrogen-bond acceptors (Lipinski definition) is 12. The molecule has 0 bridgehead atoms. The summed E-state index contributed by atoms with van der Waals surface area (Å²) in [5, 5.41) is 24.6. The van der Waals surface area contributed by atoms with Crippen molar-refractivity contribution in [2.24, 2.45) is 10.7 Å². The summed E-state index contributed by atoms with van der Waals surface area (Å²) >= 11 is 0. The minimum absolute atomic E-state index is 0.203. The average molecular weight is 641 g/mol. The van der Waals surface area contributed by atoms with Crippen LogP contribution in [-0.2, 0) is 37.1 Å². The highest BCUT2D eigenvalue weighted by atomic mass is 19.4. The zero-order valence-electron chi connectivity index (χ0n) is 22.7.